The van der Waals surface area contributed by atoms with E-state index in [1.54, 1.807) is 13.4 Å². The summed E-state index contributed by atoms with van der Waals surface area (Å²) in [6, 6.07) is 0. The Morgan fingerprint density at radius 2 is 1.55 bits per heavy atom. The molecule has 0 unspecified atom stereocenters. The van der Waals surface area contributed by atoms with Crippen LogP contribution in [0.1, 0.15) is 78.6 Å². The van der Waals surface area contributed by atoms with Gasteiger partial charge in [0.05, 0.1) is 0 Å². The molecular formula is C18H32N2OSn. The van der Waals surface area contributed by atoms with E-state index in [-0.39, 0.29) is 0 Å². The molecule has 0 aliphatic heterocycles. The quantitative estimate of drug-likeness (QED) is 0.474. The first-order valence-corrected chi connectivity index (χ1v) is 11.7. The molecule has 0 bridgehead atoms. The van der Waals surface area contributed by atoms with Gasteiger partial charge in [0.2, 0.25) is 0 Å². The third-order valence-electron chi connectivity index (χ3n) is 4.30. The van der Waals surface area contributed by atoms with Gasteiger partial charge in [0.15, 0.2) is 0 Å². The molecule has 0 saturated carbocycles. The Labute approximate surface area is 146 Å². The van der Waals surface area contributed by atoms with E-state index < -0.39 is 21.1 Å². The van der Waals surface area contributed by atoms with E-state index >= 15 is 0 Å². The van der Waals surface area contributed by atoms with Crippen LogP contribution in [0.15, 0.2) is 12.5 Å². The van der Waals surface area contributed by atoms with Crippen LogP contribution in [0.25, 0.3) is 0 Å². The van der Waals surface area contributed by atoms with Gasteiger partial charge in [-0.2, -0.15) is 0 Å². The fraction of sp³-hybridized carbons (Fsp3) is 0.778. The third kappa shape index (κ3) is 6.43. The minimum absolute atomic E-state index is 0.559. The molecule has 0 spiro atoms. The van der Waals surface area contributed by atoms with Gasteiger partial charge < -0.3 is 0 Å². The minimum atomic E-state index is -0.793. The molecule has 3 nitrogen and oxygen atoms in total. The molecule has 0 saturated heterocycles. The van der Waals surface area contributed by atoms with Crippen LogP contribution in [0.2, 0.25) is 3.43 Å². The molecule has 0 aliphatic rings. The van der Waals surface area contributed by atoms with Gasteiger partial charge in [-0.05, 0) is 0 Å². The molecule has 1 aromatic rings. The Morgan fingerprint density at radius 1 is 1.00 bits per heavy atom. The third-order valence-corrected chi connectivity index (χ3v) is 9.70. The van der Waals surface area contributed by atoms with Crippen molar-refractivity contribution < 1.29 is 4.74 Å². The number of hydrogen-bond acceptors (Lipinski definition) is 3. The van der Waals surface area contributed by atoms with Crippen LogP contribution in [-0.2, 0) is 0 Å². The van der Waals surface area contributed by atoms with Crippen LogP contribution in [0, 0.1) is 0 Å². The zero-order chi connectivity index (χ0) is 16.3. The summed E-state index contributed by atoms with van der Waals surface area (Å²) in [6.45, 7) is 6.92. The number of methoxy groups -OCH3 is 1. The van der Waals surface area contributed by atoms with E-state index in [4.69, 9.17) is 4.74 Å². The second-order valence-corrected chi connectivity index (χ2v) is 11.4. The van der Waals surface area contributed by atoms with Gasteiger partial charge in [-0.3, -0.25) is 0 Å². The van der Waals surface area contributed by atoms with Crippen LogP contribution < -0.4 is 8.32 Å². The second-order valence-electron chi connectivity index (χ2n) is 6.16. The van der Waals surface area contributed by atoms with Crippen molar-refractivity contribution in [1.29, 1.82) is 0 Å². The number of rotatable bonds is 12. The van der Waals surface area contributed by atoms with Crippen LogP contribution >= 0.6 is 0 Å². The molecule has 0 aromatic carbocycles. The van der Waals surface area contributed by atoms with Gasteiger partial charge in [-0.1, -0.05) is 0 Å². The van der Waals surface area contributed by atoms with Crippen LogP contribution in [0.4, 0.5) is 0 Å². The second kappa shape index (κ2) is 11.3. The topological polar surface area (TPSA) is 35.0 Å². The molecule has 0 aliphatic carbocycles. The monoisotopic (exact) mass is 412 g/mol. The Balaban J connectivity index is 2.97. The van der Waals surface area contributed by atoms with Crippen molar-refractivity contribution in [3.05, 3.63) is 12.5 Å². The number of nitrogens with zero attached hydrogens (tertiary/aromatic N) is 2. The van der Waals surface area contributed by atoms with Crippen LogP contribution in [0.5, 0.6) is 5.88 Å². The zero-order valence-corrected chi connectivity index (χ0v) is 17.7. The zero-order valence-electron chi connectivity index (χ0n) is 14.8. The summed E-state index contributed by atoms with van der Waals surface area (Å²) in [5, 5.41) is 0. The standard InChI is InChI=1S/C13H27.C5H5N2O.Sn/c1-4-7-10-13(11-8-5-2)12-9-6-3;1-8-5-2-3-6-4-7-5;/h4-12H2,1-3H3;3-4H,1H3;. The van der Waals surface area contributed by atoms with Crippen molar-refractivity contribution in [2.75, 3.05) is 7.11 Å². The van der Waals surface area contributed by atoms with Crippen molar-refractivity contribution >= 4 is 24.7 Å². The average molecular weight is 411 g/mol. The molecule has 124 valence electrons. The number of unbranched alkanes of at least 4 members (excludes halogenated alkanes) is 3. The predicted molar refractivity (Wildman–Crippen MR) is 95.2 cm³/mol. The number of hydrogen-bond donors (Lipinski definition) is 0. The first-order valence-electron chi connectivity index (χ1n) is 8.83. The first kappa shape index (κ1) is 19.7. The number of aromatic nitrogens is 2. The van der Waals surface area contributed by atoms with E-state index in [2.05, 4.69) is 30.7 Å². The van der Waals surface area contributed by atoms with E-state index in [0.29, 0.717) is 3.43 Å². The molecule has 2 radical (unpaired) electrons. The molecule has 0 atom stereocenters. The molecule has 0 amide bonds. The van der Waals surface area contributed by atoms with Crippen molar-refractivity contribution in [2.45, 2.75) is 82.0 Å². The predicted octanol–water partition coefficient (Wildman–Crippen LogP) is 4.54. The summed E-state index contributed by atoms with van der Waals surface area (Å²) >= 11 is -0.793. The molecule has 22 heavy (non-hydrogen) atoms. The van der Waals surface area contributed by atoms with Crippen LogP contribution in [-0.4, -0.2) is 38.2 Å². The fourth-order valence-corrected chi connectivity index (χ4v) is 8.35. The van der Waals surface area contributed by atoms with Crippen molar-refractivity contribution in [1.82, 2.24) is 9.97 Å². The van der Waals surface area contributed by atoms with E-state index in [1.807, 2.05) is 6.20 Å². The summed E-state index contributed by atoms with van der Waals surface area (Å²) in [6.07, 6.45) is 15.7. The average Bonchev–Trinajstić information content (AvgIpc) is 2.56. The normalized spacial score (nSPS) is 11.6. The Kier molecular flexibility index (Phi) is 10.1. The van der Waals surface area contributed by atoms with E-state index in [0.717, 1.165) is 5.88 Å². The fourth-order valence-electron chi connectivity index (χ4n) is 2.96. The van der Waals surface area contributed by atoms with E-state index in [9.17, 15) is 0 Å². The summed E-state index contributed by atoms with van der Waals surface area (Å²) in [5.41, 5.74) is 0. The Morgan fingerprint density at radius 3 is 2.00 bits per heavy atom. The molecule has 4 heteroatoms. The van der Waals surface area contributed by atoms with Crippen molar-refractivity contribution in [3.63, 3.8) is 0 Å². The molecule has 0 fully saturated rings. The summed E-state index contributed by atoms with van der Waals surface area (Å²) in [5.74, 6) is 0.829. The molecule has 1 rings (SSSR count). The van der Waals surface area contributed by atoms with Gasteiger partial charge in [-0.25, -0.2) is 0 Å². The molecule has 0 N–H and O–H groups in total. The molecule has 1 heterocycles. The first-order chi connectivity index (χ1) is 10.7. The van der Waals surface area contributed by atoms with Gasteiger partial charge >= 0.3 is 147 Å². The maximum atomic E-state index is 5.50. The Hall–Kier alpha value is -0.321. The van der Waals surface area contributed by atoms with Gasteiger partial charge in [-0.15, -0.1) is 0 Å². The molecular weight excluding hydrogens is 379 g/mol. The maximum absolute atomic E-state index is 5.50. The number of ether oxygens (including phenoxy) is 1. The molecule has 1 aromatic heterocycles. The van der Waals surface area contributed by atoms with Gasteiger partial charge in [0, 0.05) is 0 Å². The van der Waals surface area contributed by atoms with Gasteiger partial charge in [0.25, 0.3) is 0 Å². The SMILES string of the molecule is CCCC[C](CCCC)(CCCC)[Sn][c]1cncnc1OC. The summed E-state index contributed by atoms with van der Waals surface area (Å²) in [7, 11) is 1.73. The van der Waals surface area contributed by atoms with E-state index in [1.165, 1.54) is 61.4 Å². The summed E-state index contributed by atoms with van der Waals surface area (Å²) in [4.78, 5) is 8.60. The Bertz CT molecular complexity index is 390. The summed E-state index contributed by atoms with van der Waals surface area (Å²) < 4.78 is 7.40. The van der Waals surface area contributed by atoms with Crippen LogP contribution in [0.3, 0.4) is 0 Å². The van der Waals surface area contributed by atoms with Crippen molar-refractivity contribution in [2.24, 2.45) is 0 Å². The van der Waals surface area contributed by atoms with Crippen molar-refractivity contribution in [3.8, 4) is 5.88 Å². The van der Waals surface area contributed by atoms with Gasteiger partial charge in [0.1, 0.15) is 0 Å².